The number of hydrogen-bond acceptors (Lipinski definition) is 6. The molecule has 4 rings (SSSR count). The van der Waals surface area contributed by atoms with Crippen LogP contribution in [0.25, 0.3) is 16.8 Å². The topological polar surface area (TPSA) is 72.2 Å². The number of aromatic nitrogens is 3. The van der Waals surface area contributed by atoms with Crippen LogP contribution < -0.4 is 9.64 Å². The van der Waals surface area contributed by atoms with Gasteiger partial charge in [0.1, 0.15) is 17.2 Å². The lowest BCUT2D eigenvalue weighted by atomic mass is 10.1. The van der Waals surface area contributed by atoms with Crippen LogP contribution in [-0.4, -0.2) is 64.5 Å². The number of carbonyl (C=O) groups excluding carboxylic acids is 1. The van der Waals surface area contributed by atoms with Crippen molar-refractivity contribution >= 4 is 17.6 Å². The van der Waals surface area contributed by atoms with E-state index in [1.807, 2.05) is 63.5 Å². The summed E-state index contributed by atoms with van der Waals surface area (Å²) in [5.74, 6) is 1.65. The van der Waals surface area contributed by atoms with Crippen LogP contribution in [0.4, 0.5) is 10.6 Å². The van der Waals surface area contributed by atoms with E-state index < -0.39 is 5.60 Å². The quantitative estimate of drug-likeness (QED) is 0.635. The Bertz CT molecular complexity index is 1090. The van der Waals surface area contributed by atoms with Crippen molar-refractivity contribution in [3.8, 4) is 16.9 Å². The zero-order valence-electron chi connectivity index (χ0n) is 18.7. The number of benzene rings is 1. The first-order valence-corrected chi connectivity index (χ1v) is 10.5. The van der Waals surface area contributed by atoms with Crippen LogP contribution in [0.3, 0.4) is 0 Å². The normalized spacial score (nSPS) is 16.5. The monoisotopic (exact) mass is 423 g/mol. The summed E-state index contributed by atoms with van der Waals surface area (Å²) >= 11 is 0. The maximum absolute atomic E-state index is 12.4. The minimum atomic E-state index is -0.507. The molecule has 0 N–H and O–H groups in total. The largest absolute Gasteiger partial charge is 0.496 e. The van der Waals surface area contributed by atoms with E-state index in [1.54, 1.807) is 23.6 Å². The van der Waals surface area contributed by atoms with E-state index in [2.05, 4.69) is 10.00 Å². The second-order valence-electron chi connectivity index (χ2n) is 8.79. The molecule has 164 valence electrons. The number of likely N-dealkylation sites (N-methyl/N-ethyl adjacent to an activating group) is 1. The number of ether oxygens (including phenoxy) is 2. The highest BCUT2D eigenvalue weighted by molar-refractivity contribution is 5.81. The zero-order chi connectivity index (χ0) is 22.2. The number of methoxy groups -OCH3 is 1. The lowest BCUT2D eigenvalue weighted by molar-refractivity contribution is 0.0238. The van der Waals surface area contributed by atoms with Crippen LogP contribution in [-0.2, 0) is 4.74 Å². The van der Waals surface area contributed by atoms with Gasteiger partial charge in [0.15, 0.2) is 5.65 Å². The highest BCUT2D eigenvalue weighted by Crippen LogP contribution is 2.33. The van der Waals surface area contributed by atoms with E-state index in [0.29, 0.717) is 6.54 Å². The van der Waals surface area contributed by atoms with E-state index in [0.717, 1.165) is 41.3 Å². The van der Waals surface area contributed by atoms with Gasteiger partial charge in [0, 0.05) is 31.9 Å². The van der Waals surface area contributed by atoms with E-state index in [1.165, 1.54) is 0 Å². The number of carbonyl (C=O) groups is 1. The molecule has 1 aliphatic rings. The number of rotatable bonds is 4. The molecule has 0 aliphatic carbocycles. The van der Waals surface area contributed by atoms with Crippen molar-refractivity contribution in [3.05, 3.63) is 42.7 Å². The van der Waals surface area contributed by atoms with Crippen LogP contribution in [0.15, 0.2) is 42.7 Å². The second-order valence-corrected chi connectivity index (χ2v) is 8.79. The Morgan fingerprint density at radius 1 is 1.19 bits per heavy atom. The van der Waals surface area contributed by atoms with Crippen LogP contribution in [0.1, 0.15) is 27.2 Å². The van der Waals surface area contributed by atoms with Crippen LogP contribution in [0, 0.1) is 0 Å². The van der Waals surface area contributed by atoms with Gasteiger partial charge in [-0.25, -0.2) is 14.3 Å². The Morgan fingerprint density at radius 3 is 2.71 bits per heavy atom. The fourth-order valence-electron chi connectivity index (χ4n) is 3.84. The molecule has 0 bridgehead atoms. The van der Waals surface area contributed by atoms with Crippen molar-refractivity contribution in [1.29, 1.82) is 0 Å². The van der Waals surface area contributed by atoms with Gasteiger partial charge >= 0.3 is 6.09 Å². The molecule has 0 unspecified atom stereocenters. The maximum atomic E-state index is 12.4. The molecule has 8 nitrogen and oxygen atoms in total. The van der Waals surface area contributed by atoms with Crippen LogP contribution >= 0.6 is 0 Å². The Balaban J connectivity index is 1.56. The smallest absolute Gasteiger partial charge is 0.410 e. The van der Waals surface area contributed by atoms with Crippen molar-refractivity contribution in [3.63, 3.8) is 0 Å². The molecule has 3 heterocycles. The van der Waals surface area contributed by atoms with Gasteiger partial charge in [0.25, 0.3) is 0 Å². The molecule has 1 amide bonds. The molecule has 8 heteroatoms. The Kier molecular flexibility index (Phi) is 5.47. The number of para-hydroxylation sites is 1. The van der Waals surface area contributed by atoms with Gasteiger partial charge < -0.3 is 19.3 Å². The standard InChI is InChI=1S/C23H29N5O3/c1-23(2,3)31-22(29)26(4)16-10-12-27(15-16)20-11-13-28-21(25-20)18(14-24-28)17-8-6-7-9-19(17)30-5/h6-9,11,13-14,16H,10,12,15H2,1-5H3/t16-/m0/s1. The highest BCUT2D eigenvalue weighted by Gasteiger charge is 2.31. The fraction of sp³-hybridized carbons (Fsp3) is 0.435. The maximum Gasteiger partial charge on any atom is 0.410 e. The number of hydrogen-bond donors (Lipinski definition) is 0. The van der Waals surface area contributed by atoms with Gasteiger partial charge in [-0.15, -0.1) is 0 Å². The summed E-state index contributed by atoms with van der Waals surface area (Å²) in [7, 11) is 3.46. The minimum Gasteiger partial charge on any atom is -0.496 e. The second kappa shape index (κ2) is 8.09. The summed E-state index contributed by atoms with van der Waals surface area (Å²) in [6.07, 6.45) is 4.30. The molecule has 0 radical (unpaired) electrons. The molecule has 1 saturated heterocycles. The van der Waals surface area contributed by atoms with Crippen molar-refractivity contribution < 1.29 is 14.3 Å². The SMILES string of the molecule is COc1ccccc1-c1cnn2ccc(N3CC[C@H](N(C)C(=O)OC(C)(C)C)C3)nc12. The summed E-state index contributed by atoms with van der Waals surface area (Å²) in [5.41, 5.74) is 2.13. The van der Waals surface area contributed by atoms with Gasteiger partial charge in [0.2, 0.25) is 0 Å². The molecule has 31 heavy (non-hydrogen) atoms. The predicted octanol–water partition coefficient (Wildman–Crippen LogP) is 3.85. The van der Waals surface area contributed by atoms with Crippen molar-refractivity contribution in [2.45, 2.75) is 38.8 Å². The van der Waals surface area contributed by atoms with Crippen molar-refractivity contribution in [2.75, 3.05) is 32.1 Å². The molecule has 1 aromatic carbocycles. The molecule has 3 aromatic rings. The zero-order valence-corrected chi connectivity index (χ0v) is 18.7. The minimum absolute atomic E-state index is 0.0754. The number of amides is 1. The first-order chi connectivity index (χ1) is 14.8. The lowest BCUT2D eigenvalue weighted by Crippen LogP contribution is -2.42. The third-order valence-corrected chi connectivity index (χ3v) is 5.47. The van der Waals surface area contributed by atoms with Gasteiger partial charge in [-0.2, -0.15) is 5.10 Å². The molecule has 0 saturated carbocycles. The van der Waals surface area contributed by atoms with E-state index in [9.17, 15) is 4.79 Å². The molecule has 1 atom stereocenters. The molecular weight excluding hydrogens is 394 g/mol. The lowest BCUT2D eigenvalue weighted by Gasteiger charge is -2.28. The Morgan fingerprint density at radius 2 is 1.97 bits per heavy atom. The summed E-state index contributed by atoms with van der Waals surface area (Å²) in [6.45, 7) is 7.16. The van der Waals surface area contributed by atoms with Crippen molar-refractivity contribution in [2.24, 2.45) is 0 Å². The first kappa shape index (κ1) is 21.0. The van der Waals surface area contributed by atoms with Gasteiger partial charge in [-0.05, 0) is 39.3 Å². The summed E-state index contributed by atoms with van der Waals surface area (Å²) < 4.78 is 12.8. The average Bonchev–Trinajstić information content (AvgIpc) is 3.38. The number of anilines is 1. The van der Waals surface area contributed by atoms with Gasteiger partial charge in [-0.3, -0.25) is 0 Å². The first-order valence-electron chi connectivity index (χ1n) is 10.5. The Labute approximate surface area is 182 Å². The van der Waals surface area contributed by atoms with Gasteiger partial charge in [0.05, 0.1) is 24.9 Å². The third kappa shape index (κ3) is 4.28. The average molecular weight is 424 g/mol. The molecular formula is C23H29N5O3. The van der Waals surface area contributed by atoms with Gasteiger partial charge in [-0.1, -0.05) is 18.2 Å². The van der Waals surface area contributed by atoms with Crippen molar-refractivity contribution in [1.82, 2.24) is 19.5 Å². The highest BCUT2D eigenvalue weighted by atomic mass is 16.6. The number of nitrogens with zero attached hydrogens (tertiary/aromatic N) is 5. The van der Waals surface area contributed by atoms with Crippen LogP contribution in [0.2, 0.25) is 0 Å². The summed E-state index contributed by atoms with van der Waals surface area (Å²) in [6, 6.07) is 9.89. The molecule has 2 aromatic heterocycles. The van der Waals surface area contributed by atoms with E-state index >= 15 is 0 Å². The summed E-state index contributed by atoms with van der Waals surface area (Å²) in [4.78, 5) is 21.2. The molecule has 1 aliphatic heterocycles. The molecule has 1 fully saturated rings. The van der Waals surface area contributed by atoms with E-state index in [4.69, 9.17) is 14.5 Å². The third-order valence-electron chi connectivity index (χ3n) is 5.47. The Hall–Kier alpha value is -3.29. The predicted molar refractivity (Wildman–Crippen MR) is 120 cm³/mol. The fourth-order valence-corrected chi connectivity index (χ4v) is 3.84. The number of fused-ring (bicyclic) bond motifs is 1. The molecule has 0 spiro atoms. The summed E-state index contributed by atoms with van der Waals surface area (Å²) in [5, 5.41) is 4.45. The van der Waals surface area contributed by atoms with E-state index in [-0.39, 0.29) is 12.1 Å². The van der Waals surface area contributed by atoms with Crippen LogP contribution in [0.5, 0.6) is 5.75 Å².